The third kappa shape index (κ3) is 8.89. The van der Waals surface area contributed by atoms with Gasteiger partial charge in [0.15, 0.2) is 0 Å². The molecular formula is C24H30N2O2RuS+2. The van der Waals surface area contributed by atoms with Crippen LogP contribution in [0.3, 0.4) is 0 Å². The van der Waals surface area contributed by atoms with Crippen molar-refractivity contribution in [1.82, 2.24) is 4.72 Å². The van der Waals surface area contributed by atoms with Crippen molar-refractivity contribution in [2.45, 2.75) is 32.9 Å². The summed E-state index contributed by atoms with van der Waals surface area (Å²) in [5, 5.41) is 0. The zero-order valence-corrected chi connectivity index (χ0v) is 20.4. The second-order valence-electron chi connectivity index (χ2n) is 7.38. The molecule has 0 spiro atoms. The SMILES string of the molecule is CS(=O)(=O)N[C@@H](c1ccccc1)[C@@H](N)c1ccccc1.Cc1cc(C)cc(C)c1.[Ru+2]. The van der Waals surface area contributed by atoms with E-state index in [1.54, 1.807) is 0 Å². The molecule has 3 rings (SSSR count). The largest absolute Gasteiger partial charge is 2.00 e. The Morgan fingerprint density at radius 2 is 1.10 bits per heavy atom. The van der Waals surface area contributed by atoms with Crippen LogP contribution in [-0.2, 0) is 29.5 Å². The van der Waals surface area contributed by atoms with Crippen molar-refractivity contribution in [1.29, 1.82) is 0 Å². The van der Waals surface area contributed by atoms with Gasteiger partial charge < -0.3 is 5.73 Å². The van der Waals surface area contributed by atoms with Gasteiger partial charge in [0.05, 0.1) is 18.3 Å². The quantitative estimate of drug-likeness (QED) is 0.493. The van der Waals surface area contributed by atoms with Gasteiger partial charge in [0, 0.05) is 0 Å². The molecule has 3 aromatic carbocycles. The molecule has 6 heteroatoms. The van der Waals surface area contributed by atoms with Crippen molar-refractivity contribution in [3.8, 4) is 0 Å². The Balaban J connectivity index is 0.000000379. The summed E-state index contributed by atoms with van der Waals surface area (Å²) in [6.07, 6.45) is 1.14. The molecule has 0 saturated heterocycles. The number of nitrogens with one attached hydrogen (secondary N) is 1. The summed E-state index contributed by atoms with van der Waals surface area (Å²) in [4.78, 5) is 0. The van der Waals surface area contributed by atoms with Gasteiger partial charge in [-0.25, -0.2) is 13.1 Å². The fourth-order valence-corrected chi connectivity index (χ4v) is 4.05. The smallest absolute Gasteiger partial charge is 0.322 e. The maximum Gasteiger partial charge on any atom is 2.00 e. The summed E-state index contributed by atoms with van der Waals surface area (Å²) < 4.78 is 25.8. The molecule has 0 radical (unpaired) electrons. The summed E-state index contributed by atoms with van der Waals surface area (Å²) in [5.41, 5.74) is 12.0. The minimum absolute atomic E-state index is 0. The molecule has 160 valence electrons. The van der Waals surface area contributed by atoms with E-state index < -0.39 is 22.1 Å². The normalized spacial score (nSPS) is 12.7. The van der Waals surface area contributed by atoms with Crippen LogP contribution in [-0.4, -0.2) is 14.7 Å². The summed E-state index contributed by atoms with van der Waals surface area (Å²) in [6.45, 7) is 6.38. The minimum atomic E-state index is -3.35. The molecule has 0 saturated carbocycles. The Morgan fingerprint density at radius 3 is 1.47 bits per heavy atom. The standard InChI is InChI=1S/C15H18N2O2S.C9H12.Ru/c1-20(18,19)17-15(13-10-6-3-7-11-13)14(16)12-8-4-2-5-9-12;1-7-4-8(2)6-9(3)5-7;/h2-11,14-15,17H,16H2,1H3;4-6H,1-3H3;/q;;+2/t14-,15-;;/m0../s1. The molecule has 0 aromatic heterocycles. The van der Waals surface area contributed by atoms with Gasteiger partial charge in [-0.1, -0.05) is 95.6 Å². The number of benzene rings is 3. The molecular weight excluding hydrogens is 481 g/mol. The Kier molecular flexibility index (Phi) is 10.6. The third-order valence-electron chi connectivity index (χ3n) is 4.41. The van der Waals surface area contributed by atoms with Gasteiger partial charge in [-0.05, 0) is 31.9 Å². The molecule has 0 amide bonds. The van der Waals surface area contributed by atoms with E-state index in [1.165, 1.54) is 16.7 Å². The fourth-order valence-electron chi connectivity index (χ4n) is 3.31. The molecule has 30 heavy (non-hydrogen) atoms. The van der Waals surface area contributed by atoms with Gasteiger partial charge in [0.25, 0.3) is 0 Å². The maximum absolute atomic E-state index is 11.6. The number of nitrogens with two attached hydrogens (primary N) is 1. The van der Waals surface area contributed by atoms with E-state index in [9.17, 15) is 8.42 Å². The topological polar surface area (TPSA) is 72.2 Å². The average Bonchev–Trinajstić information content (AvgIpc) is 2.66. The number of hydrogen-bond donors (Lipinski definition) is 2. The monoisotopic (exact) mass is 512 g/mol. The molecule has 3 N–H and O–H groups in total. The average molecular weight is 512 g/mol. The first-order chi connectivity index (χ1) is 13.7. The van der Waals surface area contributed by atoms with Crippen LogP contribution < -0.4 is 10.5 Å². The van der Waals surface area contributed by atoms with Crippen LogP contribution in [0.5, 0.6) is 0 Å². The van der Waals surface area contributed by atoms with Crippen LogP contribution in [0.2, 0.25) is 0 Å². The van der Waals surface area contributed by atoms with Crippen LogP contribution in [0.15, 0.2) is 78.9 Å². The van der Waals surface area contributed by atoms with Gasteiger partial charge in [-0.2, -0.15) is 0 Å². The van der Waals surface area contributed by atoms with Crippen LogP contribution >= 0.6 is 0 Å². The van der Waals surface area contributed by atoms with Crippen molar-refractivity contribution in [3.63, 3.8) is 0 Å². The maximum atomic E-state index is 11.6. The molecule has 0 aliphatic carbocycles. The third-order valence-corrected chi connectivity index (χ3v) is 5.09. The molecule has 3 aromatic rings. The first kappa shape index (κ1) is 26.2. The molecule has 0 bridgehead atoms. The molecule has 0 heterocycles. The van der Waals surface area contributed by atoms with E-state index in [2.05, 4.69) is 43.7 Å². The van der Waals surface area contributed by atoms with Crippen LogP contribution in [0.1, 0.15) is 39.9 Å². The van der Waals surface area contributed by atoms with Gasteiger partial charge >= 0.3 is 19.5 Å². The van der Waals surface area contributed by atoms with E-state index in [-0.39, 0.29) is 19.5 Å². The summed E-state index contributed by atoms with van der Waals surface area (Å²) in [6, 6.07) is 24.4. The van der Waals surface area contributed by atoms with Crippen LogP contribution in [0.4, 0.5) is 0 Å². The second kappa shape index (κ2) is 12.1. The zero-order valence-electron chi connectivity index (χ0n) is 17.8. The number of rotatable bonds is 5. The van der Waals surface area contributed by atoms with Gasteiger partial charge in [0.2, 0.25) is 10.0 Å². The molecule has 0 aliphatic rings. The Hall–Kier alpha value is -1.85. The number of aryl methyl sites for hydroxylation is 3. The predicted octanol–water partition coefficient (Wildman–Crippen LogP) is 4.59. The molecule has 2 atom stereocenters. The number of sulfonamides is 1. The van der Waals surface area contributed by atoms with Crippen molar-refractivity contribution in [2.75, 3.05) is 6.26 Å². The van der Waals surface area contributed by atoms with E-state index in [1.807, 2.05) is 60.7 Å². The van der Waals surface area contributed by atoms with Crippen molar-refractivity contribution < 1.29 is 27.9 Å². The van der Waals surface area contributed by atoms with Gasteiger partial charge in [-0.3, -0.25) is 0 Å². The Labute approximate surface area is 193 Å². The van der Waals surface area contributed by atoms with E-state index >= 15 is 0 Å². The first-order valence-electron chi connectivity index (χ1n) is 9.53. The minimum Gasteiger partial charge on any atom is -0.322 e. The first-order valence-corrected chi connectivity index (χ1v) is 11.4. The van der Waals surface area contributed by atoms with Gasteiger partial charge in [0.1, 0.15) is 0 Å². The second-order valence-corrected chi connectivity index (χ2v) is 9.16. The molecule has 0 aliphatic heterocycles. The van der Waals surface area contributed by atoms with Gasteiger partial charge in [-0.15, -0.1) is 0 Å². The zero-order chi connectivity index (χ0) is 21.4. The Morgan fingerprint density at radius 1 is 0.733 bits per heavy atom. The summed E-state index contributed by atoms with van der Waals surface area (Å²) >= 11 is 0. The molecule has 0 fully saturated rings. The van der Waals surface area contributed by atoms with Crippen molar-refractivity contribution in [2.24, 2.45) is 5.73 Å². The Bertz CT molecular complexity index is 959. The van der Waals surface area contributed by atoms with E-state index in [4.69, 9.17) is 5.73 Å². The van der Waals surface area contributed by atoms with E-state index in [0.717, 1.165) is 17.4 Å². The predicted molar refractivity (Wildman–Crippen MR) is 121 cm³/mol. The van der Waals surface area contributed by atoms with Crippen molar-refractivity contribution >= 4 is 10.0 Å². The summed E-state index contributed by atoms with van der Waals surface area (Å²) in [7, 11) is -3.35. The molecule has 4 nitrogen and oxygen atoms in total. The molecule has 0 unspecified atom stereocenters. The van der Waals surface area contributed by atoms with E-state index in [0.29, 0.717) is 0 Å². The number of hydrogen-bond acceptors (Lipinski definition) is 3. The van der Waals surface area contributed by atoms with Crippen LogP contribution in [0, 0.1) is 20.8 Å². The summed E-state index contributed by atoms with van der Waals surface area (Å²) in [5.74, 6) is 0. The fraction of sp³-hybridized carbons (Fsp3) is 0.250. The van der Waals surface area contributed by atoms with Crippen molar-refractivity contribution in [3.05, 3.63) is 107 Å². The van der Waals surface area contributed by atoms with Crippen LogP contribution in [0.25, 0.3) is 0 Å².